The molecule has 0 saturated carbocycles. The quantitative estimate of drug-likeness (QED) is 0.217. The SMILES string of the molecule is O=C1c2ccccc2C2(c3cc4c5c(c3Oc3c2cc2c6c3CCCN6CCC2)CCCN5CCC4)N1Cn1cc(CCOC2OC(CO)C(O)C(O)C2O)nn1. The molecule has 0 aliphatic carbocycles. The Kier molecular flexibility index (Phi) is 8.43. The maximum atomic E-state index is 15.1. The molecular formula is C43H48N6O8. The summed E-state index contributed by atoms with van der Waals surface area (Å²) in [5.41, 5.74) is 11.1. The summed E-state index contributed by atoms with van der Waals surface area (Å²) in [7, 11) is 0. The van der Waals surface area contributed by atoms with Gasteiger partial charge in [-0.15, -0.1) is 5.10 Å². The third-order valence-corrected chi connectivity index (χ3v) is 13.5. The Morgan fingerprint density at radius 3 is 2.09 bits per heavy atom. The number of fused-ring (bicyclic) bond motifs is 8. The third kappa shape index (κ3) is 5.20. The van der Waals surface area contributed by atoms with Gasteiger partial charge >= 0.3 is 0 Å². The molecule has 0 radical (unpaired) electrons. The van der Waals surface area contributed by atoms with Crippen molar-refractivity contribution in [3.63, 3.8) is 0 Å². The molecule has 57 heavy (non-hydrogen) atoms. The van der Waals surface area contributed by atoms with Crippen LogP contribution in [0.25, 0.3) is 0 Å². The number of aliphatic hydroxyl groups excluding tert-OH is 4. The van der Waals surface area contributed by atoms with Crippen molar-refractivity contribution in [2.45, 2.75) is 101 Å². The van der Waals surface area contributed by atoms with Crippen LogP contribution in [0.1, 0.15) is 80.7 Å². The lowest BCUT2D eigenvalue weighted by molar-refractivity contribution is -0.300. The lowest BCUT2D eigenvalue weighted by Gasteiger charge is -2.48. The number of rotatable bonds is 7. The van der Waals surface area contributed by atoms with Crippen LogP contribution < -0.4 is 14.5 Å². The summed E-state index contributed by atoms with van der Waals surface area (Å²) in [6.07, 6.45) is 3.42. The predicted octanol–water partition coefficient (Wildman–Crippen LogP) is 2.55. The zero-order valence-electron chi connectivity index (χ0n) is 31.8. The van der Waals surface area contributed by atoms with E-state index in [4.69, 9.17) is 14.2 Å². The van der Waals surface area contributed by atoms with Crippen LogP contribution in [0.5, 0.6) is 11.5 Å². The molecule has 4 aromatic rings. The van der Waals surface area contributed by atoms with Gasteiger partial charge in [0.05, 0.1) is 25.1 Å². The molecule has 7 aliphatic rings. The minimum Gasteiger partial charge on any atom is -0.456 e. The van der Waals surface area contributed by atoms with Gasteiger partial charge < -0.3 is 49.3 Å². The number of aliphatic hydroxyl groups is 4. The third-order valence-electron chi connectivity index (χ3n) is 13.5. The fourth-order valence-corrected chi connectivity index (χ4v) is 11.0. The molecule has 11 rings (SSSR count). The van der Waals surface area contributed by atoms with E-state index in [0.717, 1.165) is 106 Å². The second kappa shape index (κ2) is 13.5. The molecule has 1 saturated heterocycles. The molecule has 14 heteroatoms. The van der Waals surface area contributed by atoms with Gasteiger partial charge in [-0.1, -0.05) is 23.4 Å². The molecule has 4 N–H and O–H groups in total. The summed E-state index contributed by atoms with van der Waals surface area (Å²) in [4.78, 5) is 22.2. The summed E-state index contributed by atoms with van der Waals surface area (Å²) in [5.74, 6) is 1.72. The lowest BCUT2D eigenvalue weighted by atomic mass is 9.70. The fraction of sp³-hybridized carbons (Fsp3) is 0.512. The molecule has 1 amide bonds. The van der Waals surface area contributed by atoms with Gasteiger partial charge in [0.25, 0.3) is 5.91 Å². The molecule has 5 unspecified atom stereocenters. The van der Waals surface area contributed by atoms with E-state index in [-0.39, 0.29) is 19.2 Å². The molecule has 1 spiro atoms. The molecule has 8 heterocycles. The number of nitrogens with zero attached hydrogens (tertiary/aromatic N) is 6. The molecule has 5 atom stereocenters. The first-order valence-corrected chi connectivity index (χ1v) is 20.7. The Bertz CT molecular complexity index is 2190. The van der Waals surface area contributed by atoms with Crippen molar-refractivity contribution in [1.29, 1.82) is 0 Å². The van der Waals surface area contributed by atoms with Crippen LogP contribution >= 0.6 is 0 Å². The standard InChI is InChI=1S/C43H48N6O8/c50-22-33-36(51)37(52)38(53)42(56-33)55-18-13-26-21-48(45-44-26)23-49-41(54)27-9-1-2-12-30(27)43(49)31-19-24-7-3-14-46-16-5-10-28(34(24)46)39(31)57-40-29-11-6-17-47-15-4-8-25(35(29)47)20-32(40)43/h1-2,9,12,19-21,33,36-38,42,50-53H,3-8,10-11,13-18,22-23H2. The van der Waals surface area contributed by atoms with Crippen LogP contribution in [-0.2, 0) is 53.8 Å². The number of amides is 1. The molecule has 3 aromatic carbocycles. The highest BCUT2D eigenvalue weighted by molar-refractivity contribution is 6.02. The van der Waals surface area contributed by atoms with Gasteiger partial charge in [-0.3, -0.25) is 4.79 Å². The van der Waals surface area contributed by atoms with E-state index in [1.807, 2.05) is 29.3 Å². The first-order valence-electron chi connectivity index (χ1n) is 20.7. The van der Waals surface area contributed by atoms with E-state index >= 15 is 4.79 Å². The summed E-state index contributed by atoms with van der Waals surface area (Å²) in [5, 5.41) is 49.3. The Morgan fingerprint density at radius 1 is 0.807 bits per heavy atom. The Labute approximate surface area is 330 Å². The minimum atomic E-state index is -1.52. The van der Waals surface area contributed by atoms with Gasteiger partial charge in [0.1, 0.15) is 48.1 Å². The number of anilines is 2. The van der Waals surface area contributed by atoms with E-state index in [1.54, 1.807) is 4.68 Å². The van der Waals surface area contributed by atoms with Gasteiger partial charge in [-0.05, 0) is 86.3 Å². The van der Waals surface area contributed by atoms with E-state index in [2.05, 4.69) is 38.3 Å². The Balaban J connectivity index is 1.02. The molecule has 0 bridgehead atoms. The van der Waals surface area contributed by atoms with Crippen molar-refractivity contribution in [3.8, 4) is 11.5 Å². The molecule has 1 fully saturated rings. The highest BCUT2D eigenvalue weighted by atomic mass is 16.7. The smallest absolute Gasteiger partial charge is 0.257 e. The minimum absolute atomic E-state index is 0.0628. The summed E-state index contributed by atoms with van der Waals surface area (Å²) in [6, 6.07) is 12.8. The van der Waals surface area contributed by atoms with E-state index < -0.39 is 42.9 Å². The number of aryl methyl sites for hydroxylation is 2. The first-order chi connectivity index (χ1) is 27.9. The van der Waals surface area contributed by atoms with Crippen molar-refractivity contribution >= 4 is 17.3 Å². The van der Waals surface area contributed by atoms with Crippen molar-refractivity contribution in [1.82, 2.24) is 19.9 Å². The largest absolute Gasteiger partial charge is 0.456 e. The Morgan fingerprint density at radius 2 is 1.44 bits per heavy atom. The predicted molar refractivity (Wildman–Crippen MR) is 207 cm³/mol. The number of aromatic nitrogens is 3. The van der Waals surface area contributed by atoms with Gasteiger partial charge in [0.15, 0.2) is 6.29 Å². The average Bonchev–Trinajstić information content (AvgIpc) is 3.79. The second-order valence-corrected chi connectivity index (χ2v) is 16.7. The second-order valence-electron chi connectivity index (χ2n) is 16.7. The van der Waals surface area contributed by atoms with Crippen molar-refractivity contribution < 1.29 is 39.4 Å². The van der Waals surface area contributed by atoms with Crippen LogP contribution in [0.4, 0.5) is 11.4 Å². The van der Waals surface area contributed by atoms with Crippen LogP contribution in [0, 0.1) is 0 Å². The fourth-order valence-electron chi connectivity index (χ4n) is 11.0. The highest BCUT2D eigenvalue weighted by Crippen LogP contribution is 2.62. The van der Waals surface area contributed by atoms with E-state index in [9.17, 15) is 20.4 Å². The summed E-state index contributed by atoms with van der Waals surface area (Å²) >= 11 is 0. The lowest BCUT2D eigenvalue weighted by Crippen LogP contribution is -2.59. The number of ether oxygens (including phenoxy) is 3. The average molecular weight is 777 g/mol. The highest BCUT2D eigenvalue weighted by Gasteiger charge is 2.58. The molecule has 1 aromatic heterocycles. The van der Waals surface area contributed by atoms with Crippen LogP contribution in [0.3, 0.4) is 0 Å². The molecular weight excluding hydrogens is 729 g/mol. The monoisotopic (exact) mass is 776 g/mol. The topological polar surface area (TPSA) is 166 Å². The van der Waals surface area contributed by atoms with Gasteiger partial charge in [0.2, 0.25) is 0 Å². The number of carbonyl (C=O) groups excluding carboxylic acids is 1. The van der Waals surface area contributed by atoms with Crippen molar-refractivity contribution in [3.05, 3.63) is 92.8 Å². The van der Waals surface area contributed by atoms with Crippen molar-refractivity contribution in [2.75, 3.05) is 49.2 Å². The first kappa shape index (κ1) is 35.6. The Hall–Kier alpha value is -4.57. The normalized spacial score (nSPS) is 26.4. The van der Waals surface area contributed by atoms with E-state index in [1.165, 1.54) is 33.6 Å². The summed E-state index contributed by atoms with van der Waals surface area (Å²) in [6.45, 7) is 3.84. The van der Waals surface area contributed by atoms with E-state index in [0.29, 0.717) is 17.7 Å². The van der Waals surface area contributed by atoms with Crippen LogP contribution in [0.15, 0.2) is 42.6 Å². The maximum absolute atomic E-state index is 15.1. The van der Waals surface area contributed by atoms with Crippen molar-refractivity contribution in [2.24, 2.45) is 0 Å². The van der Waals surface area contributed by atoms with Gasteiger partial charge in [0, 0.05) is 71.8 Å². The number of benzene rings is 3. The van der Waals surface area contributed by atoms with Gasteiger partial charge in [-0.25, -0.2) is 4.68 Å². The number of hydrogen-bond donors (Lipinski definition) is 4. The number of carbonyl (C=O) groups is 1. The zero-order valence-corrected chi connectivity index (χ0v) is 31.8. The molecule has 14 nitrogen and oxygen atoms in total. The maximum Gasteiger partial charge on any atom is 0.257 e. The molecule has 7 aliphatic heterocycles. The van der Waals surface area contributed by atoms with Crippen LogP contribution in [-0.4, -0.2) is 116 Å². The van der Waals surface area contributed by atoms with Gasteiger partial charge in [-0.2, -0.15) is 0 Å². The summed E-state index contributed by atoms with van der Waals surface area (Å²) < 4.78 is 20.4. The van der Waals surface area contributed by atoms with Crippen LogP contribution in [0.2, 0.25) is 0 Å². The zero-order chi connectivity index (χ0) is 38.6. The number of hydrogen-bond acceptors (Lipinski definition) is 12. The molecule has 298 valence electrons.